The molecule has 1 atom stereocenters. The highest BCUT2D eigenvalue weighted by atomic mass is 16.5. The van der Waals surface area contributed by atoms with Crippen LogP contribution in [0.25, 0.3) is 10.8 Å². The molecule has 6 nitrogen and oxygen atoms in total. The number of rotatable bonds is 6. The normalized spacial score (nSPS) is 12.0. The fourth-order valence-corrected chi connectivity index (χ4v) is 3.06. The molecule has 140 valence electrons. The third kappa shape index (κ3) is 4.16. The first-order valence-electron chi connectivity index (χ1n) is 8.98. The summed E-state index contributed by atoms with van der Waals surface area (Å²) in [6.07, 6.45) is 0. The van der Waals surface area contributed by atoms with E-state index in [9.17, 15) is 9.59 Å². The van der Waals surface area contributed by atoms with E-state index in [1.165, 1.54) is 4.68 Å². The van der Waals surface area contributed by atoms with Crippen molar-refractivity contribution in [3.63, 3.8) is 0 Å². The topological polar surface area (TPSA) is 73.2 Å². The molecule has 0 aliphatic heterocycles. The van der Waals surface area contributed by atoms with Gasteiger partial charge in [-0.15, -0.1) is 0 Å². The minimum absolute atomic E-state index is 0.125. The second-order valence-corrected chi connectivity index (χ2v) is 6.39. The van der Waals surface area contributed by atoms with Crippen molar-refractivity contribution in [1.29, 1.82) is 0 Å². The predicted octanol–water partition coefficient (Wildman–Crippen LogP) is 2.98. The molecule has 1 aromatic heterocycles. The number of carbonyl (C=O) groups excluding carboxylic acids is 1. The van der Waals surface area contributed by atoms with Gasteiger partial charge in [0.1, 0.15) is 12.3 Å². The summed E-state index contributed by atoms with van der Waals surface area (Å²) in [4.78, 5) is 25.1. The number of benzene rings is 2. The van der Waals surface area contributed by atoms with E-state index in [-0.39, 0.29) is 24.1 Å². The number of carbonyl (C=O) groups is 1. The van der Waals surface area contributed by atoms with Gasteiger partial charge < -0.3 is 10.1 Å². The number of fused-ring (bicyclic) bond motifs is 1. The Labute approximate surface area is 157 Å². The molecule has 27 heavy (non-hydrogen) atoms. The molecule has 0 radical (unpaired) electrons. The van der Waals surface area contributed by atoms with Gasteiger partial charge in [0.05, 0.1) is 23.7 Å². The van der Waals surface area contributed by atoms with Crippen LogP contribution < -0.4 is 15.6 Å². The van der Waals surface area contributed by atoms with E-state index in [2.05, 4.69) is 10.4 Å². The van der Waals surface area contributed by atoms with Gasteiger partial charge in [-0.3, -0.25) is 9.59 Å². The Hall–Kier alpha value is -3.15. The standard InChI is InChI=1S/C21H23N3O3/c1-4-27-17-9-7-8-16(12-17)14(2)22-20(25)13-24-21(26)19-11-6-5-10-18(19)15(3)23-24/h5-12,14H,4,13H2,1-3H3,(H,22,25)/t14-/m1/s1. The van der Waals surface area contributed by atoms with Gasteiger partial charge in [-0.25, -0.2) is 4.68 Å². The maximum absolute atomic E-state index is 12.6. The van der Waals surface area contributed by atoms with Crippen molar-refractivity contribution in [1.82, 2.24) is 15.1 Å². The molecule has 0 saturated heterocycles. The van der Waals surface area contributed by atoms with Crippen LogP contribution in [0.3, 0.4) is 0 Å². The lowest BCUT2D eigenvalue weighted by Gasteiger charge is -2.16. The molecule has 0 unspecified atom stereocenters. The molecule has 0 fully saturated rings. The zero-order valence-electron chi connectivity index (χ0n) is 15.7. The molecule has 0 aliphatic rings. The van der Waals surface area contributed by atoms with Crippen molar-refractivity contribution in [2.24, 2.45) is 0 Å². The quantitative estimate of drug-likeness (QED) is 0.729. The van der Waals surface area contributed by atoms with Crippen molar-refractivity contribution < 1.29 is 9.53 Å². The summed E-state index contributed by atoms with van der Waals surface area (Å²) in [5.74, 6) is 0.493. The van der Waals surface area contributed by atoms with Gasteiger partial charge in [-0.05, 0) is 44.5 Å². The molecular formula is C21H23N3O3. The summed E-state index contributed by atoms with van der Waals surface area (Å²) in [5.41, 5.74) is 1.39. The zero-order chi connectivity index (χ0) is 19.4. The van der Waals surface area contributed by atoms with E-state index in [0.29, 0.717) is 12.0 Å². The second kappa shape index (κ2) is 8.03. The molecule has 3 rings (SSSR count). The third-order valence-corrected chi connectivity index (χ3v) is 4.39. The molecule has 0 bridgehead atoms. The van der Waals surface area contributed by atoms with Crippen molar-refractivity contribution in [2.75, 3.05) is 6.61 Å². The Kier molecular flexibility index (Phi) is 5.54. The van der Waals surface area contributed by atoms with Crippen molar-refractivity contribution in [3.8, 4) is 5.75 Å². The SMILES string of the molecule is CCOc1cccc([C@@H](C)NC(=O)Cn2nc(C)c3ccccc3c2=O)c1. The van der Waals surface area contributed by atoms with E-state index in [0.717, 1.165) is 22.4 Å². The number of hydrogen-bond donors (Lipinski definition) is 1. The first kappa shape index (κ1) is 18.6. The molecule has 1 N–H and O–H groups in total. The van der Waals surface area contributed by atoms with E-state index in [4.69, 9.17) is 4.74 Å². The summed E-state index contributed by atoms with van der Waals surface area (Å²) >= 11 is 0. The van der Waals surface area contributed by atoms with Gasteiger partial charge >= 0.3 is 0 Å². The van der Waals surface area contributed by atoms with E-state index >= 15 is 0 Å². The van der Waals surface area contributed by atoms with Crippen LogP contribution in [0.2, 0.25) is 0 Å². The van der Waals surface area contributed by atoms with Crippen molar-refractivity contribution in [3.05, 3.63) is 70.1 Å². The Morgan fingerprint density at radius 1 is 1.19 bits per heavy atom. The van der Waals surface area contributed by atoms with Gasteiger partial charge in [-0.2, -0.15) is 5.10 Å². The van der Waals surface area contributed by atoms with E-state index < -0.39 is 0 Å². The molecule has 0 aliphatic carbocycles. The van der Waals surface area contributed by atoms with Crippen LogP contribution in [0.15, 0.2) is 53.3 Å². The fourth-order valence-electron chi connectivity index (χ4n) is 3.06. The highest BCUT2D eigenvalue weighted by Gasteiger charge is 2.14. The largest absolute Gasteiger partial charge is 0.494 e. The smallest absolute Gasteiger partial charge is 0.275 e. The summed E-state index contributed by atoms with van der Waals surface area (Å²) < 4.78 is 6.72. The molecular weight excluding hydrogens is 342 g/mol. The van der Waals surface area contributed by atoms with Crippen LogP contribution >= 0.6 is 0 Å². The third-order valence-electron chi connectivity index (χ3n) is 4.39. The average molecular weight is 365 g/mol. The van der Waals surface area contributed by atoms with Gasteiger partial charge in [0.2, 0.25) is 5.91 Å². The van der Waals surface area contributed by atoms with Gasteiger partial charge in [0, 0.05) is 5.39 Å². The highest BCUT2D eigenvalue weighted by Crippen LogP contribution is 2.19. The number of ether oxygens (including phenoxy) is 1. The molecule has 0 saturated carbocycles. The maximum Gasteiger partial charge on any atom is 0.275 e. The summed E-state index contributed by atoms with van der Waals surface area (Å²) in [7, 11) is 0. The summed E-state index contributed by atoms with van der Waals surface area (Å²) in [6.45, 7) is 6.11. The Bertz CT molecular complexity index is 1030. The number of nitrogens with one attached hydrogen (secondary N) is 1. The van der Waals surface area contributed by atoms with Gasteiger partial charge in [0.15, 0.2) is 0 Å². The number of amides is 1. The fraction of sp³-hybridized carbons (Fsp3) is 0.286. The highest BCUT2D eigenvalue weighted by molar-refractivity contribution is 5.83. The molecule has 1 amide bonds. The van der Waals surface area contributed by atoms with Crippen LogP contribution in [-0.4, -0.2) is 22.3 Å². The van der Waals surface area contributed by atoms with Crippen LogP contribution in [0.1, 0.15) is 31.1 Å². The summed E-state index contributed by atoms with van der Waals surface area (Å²) in [6, 6.07) is 14.7. The Morgan fingerprint density at radius 3 is 2.67 bits per heavy atom. The Morgan fingerprint density at radius 2 is 1.93 bits per heavy atom. The number of aryl methyl sites for hydroxylation is 1. The Balaban J connectivity index is 1.76. The van der Waals surface area contributed by atoms with Gasteiger partial charge in [0.25, 0.3) is 5.56 Å². The monoisotopic (exact) mass is 365 g/mol. The molecule has 2 aromatic carbocycles. The number of aromatic nitrogens is 2. The van der Waals surface area contributed by atoms with Crippen LogP contribution in [0.4, 0.5) is 0 Å². The van der Waals surface area contributed by atoms with Crippen LogP contribution in [0, 0.1) is 6.92 Å². The predicted molar refractivity (Wildman–Crippen MR) is 105 cm³/mol. The lowest BCUT2D eigenvalue weighted by molar-refractivity contribution is -0.122. The van der Waals surface area contributed by atoms with Crippen molar-refractivity contribution >= 4 is 16.7 Å². The van der Waals surface area contributed by atoms with Gasteiger partial charge in [-0.1, -0.05) is 30.3 Å². The number of hydrogen-bond acceptors (Lipinski definition) is 4. The first-order valence-corrected chi connectivity index (χ1v) is 8.98. The van der Waals surface area contributed by atoms with Crippen molar-refractivity contribution in [2.45, 2.75) is 33.4 Å². The average Bonchev–Trinajstić information content (AvgIpc) is 2.66. The zero-order valence-corrected chi connectivity index (χ0v) is 15.7. The lowest BCUT2D eigenvalue weighted by atomic mass is 10.1. The van der Waals surface area contributed by atoms with E-state index in [1.54, 1.807) is 12.1 Å². The van der Waals surface area contributed by atoms with Crippen LogP contribution in [-0.2, 0) is 11.3 Å². The molecule has 3 aromatic rings. The molecule has 1 heterocycles. The molecule has 0 spiro atoms. The van der Waals surface area contributed by atoms with Crippen LogP contribution in [0.5, 0.6) is 5.75 Å². The number of nitrogens with zero attached hydrogens (tertiary/aromatic N) is 2. The lowest BCUT2D eigenvalue weighted by Crippen LogP contribution is -2.35. The first-order chi connectivity index (χ1) is 13.0. The summed E-state index contributed by atoms with van der Waals surface area (Å²) in [5, 5.41) is 8.57. The molecule has 6 heteroatoms. The maximum atomic E-state index is 12.6. The van der Waals surface area contributed by atoms with E-state index in [1.807, 2.05) is 57.2 Å². The second-order valence-electron chi connectivity index (χ2n) is 6.39. The minimum atomic E-state index is -0.270. The minimum Gasteiger partial charge on any atom is -0.494 e.